The first kappa shape index (κ1) is 15.4. The highest BCUT2D eigenvalue weighted by Crippen LogP contribution is 2.22. The Morgan fingerprint density at radius 1 is 1.28 bits per heavy atom. The zero-order valence-electron chi connectivity index (χ0n) is 10.4. The van der Waals surface area contributed by atoms with Crippen LogP contribution in [0.4, 0.5) is 0 Å². The van der Waals surface area contributed by atoms with E-state index in [1.54, 1.807) is 24.3 Å². The summed E-state index contributed by atoms with van der Waals surface area (Å²) in [6.45, 7) is 1.71. The summed E-state index contributed by atoms with van der Waals surface area (Å²) in [5.74, 6) is 0. The van der Waals surface area contributed by atoms with Crippen molar-refractivity contribution >= 4 is 11.6 Å². The van der Waals surface area contributed by atoms with E-state index in [-0.39, 0.29) is 19.8 Å². The smallest absolute Gasteiger partial charge is 0.0928 e. The van der Waals surface area contributed by atoms with Gasteiger partial charge in [-0.2, -0.15) is 0 Å². The van der Waals surface area contributed by atoms with Crippen molar-refractivity contribution in [1.82, 2.24) is 5.32 Å². The summed E-state index contributed by atoms with van der Waals surface area (Å²) in [6.07, 6.45) is -0.211. The average molecular weight is 274 g/mol. The molecule has 0 amide bonds. The third-order valence-electron chi connectivity index (χ3n) is 3.22. The molecular weight excluding hydrogens is 254 g/mol. The second-order valence-corrected chi connectivity index (χ2v) is 4.78. The predicted octanol–water partition coefficient (Wildman–Crippen LogP) is 1.10. The van der Waals surface area contributed by atoms with Gasteiger partial charge in [-0.1, -0.05) is 36.7 Å². The van der Waals surface area contributed by atoms with Gasteiger partial charge in [0, 0.05) is 17.1 Å². The van der Waals surface area contributed by atoms with E-state index in [2.05, 4.69) is 5.32 Å². The molecule has 0 aliphatic rings. The van der Waals surface area contributed by atoms with Gasteiger partial charge in [0.05, 0.1) is 24.9 Å². The predicted molar refractivity (Wildman–Crippen MR) is 71.6 cm³/mol. The Morgan fingerprint density at radius 3 is 2.39 bits per heavy atom. The summed E-state index contributed by atoms with van der Waals surface area (Å²) in [6, 6.07) is 7.06. The summed E-state index contributed by atoms with van der Waals surface area (Å²) >= 11 is 5.98. The van der Waals surface area contributed by atoms with Crippen molar-refractivity contribution in [3.8, 4) is 0 Å². The Labute approximate surface area is 112 Å². The molecule has 0 heterocycles. The molecule has 18 heavy (non-hydrogen) atoms. The minimum absolute atomic E-state index is 0.185. The summed E-state index contributed by atoms with van der Waals surface area (Å²) in [7, 11) is 0. The van der Waals surface area contributed by atoms with Gasteiger partial charge in [-0.15, -0.1) is 0 Å². The molecule has 1 rings (SSSR count). The van der Waals surface area contributed by atoms with Crippen LogP contribution >= 0.6 is 11.6 Å². The number of hydrogen-bond acceptors (Lipinski definition) is 4. The number of β-amino-alcohol motifs (C(OH)–C–C–N with tert-alkyl or cyclic N) is 1. The number of aliphatic hydroxyl groups excluding tert-OH is 3. The molecule has 1 unspecified atom stereocenters. The monoisotopic (exact) mass is 273 g/mol. The molecule has 1 aromatic rings. The molecule has 0 bridgehead atoms. The van der Waals surface area contributed by atoms with E-state index in [4.69, 9.17) is 11.6 Å². The SMILES string of the molecule is CCC(CO)(CO)NCC(O)c1ccccc1Cl. The zero-order chi connectivity index (χ0) is 13.6. The summed E-state index contributed by atoms with van der Waals surface area (Å²) in [4.78, 5) is 0. The highest BCUT2D eigenvalue weighted by molar-refractivity contribution is 6.31. The van der Waals surface area contributed by atoms with Gasteiger partial charge in [0.15, 0.2) is 0 Å². The van der Waals surface area contributed by atoms with Gasteiger partial charge in [-0.25, -0.2) is 0 Å². The maximum Gasteiger partial charge on any atom is 0.0928 e. The lowest BCUT2D eigenvalue weighted by Gasteiger charge is -2.31. The third-order valence-corrected chi connectivity index (χ3v) is 3.56. The lowest BCUT2D eigenvalue weighted by Crippen LogP contribution is -2.52. The van der Waals surface area contributed by atoms with Gasteiger partial charge < -0.3 is 20.6 Å². The normalized spacial score (nSPS) is 13.6. The Hall–Kier alpha value is -0.650. The van der Waals surface area contributed by atoms with Crippen molar-refractivity contribution in [2.75, 3.05) is 19.8 Å². The van der Waals surface area contributed by atoms with Crippen LogP contribution in [0.25, 0.3) is 0 Å². The maximum atomic E-state index is 10.0. The molecule has 1 aromatic carbocycles. The molecule has 4 nitrogen and oxygen atoms in total. The molecule has 0 aliphatic heterocycles. The molecule has 0 radical (unpaired) electrons. The fourth-order valence-corrected chi connectivity index (χ4v) is 1.94. The van der Waals surface area contributed by atoms with Crippen LogP contribution in [-0.4, -0.2) is 40.6 Å². The van der Waals surface area contributed by atoms with Crippen LogP contribution in [0.3, 0.4) is 0 Å². The van der Waals surface area contributed by atoms with Crippen LogP contribution in [0.5, 0.6) is 0 Å². The summed E-state index contributed by atoms with van der Waals surface area (Å²) in [5.41, 5.74) is -0.130. The van der Waals surface area contributed by atoms with Crippen molar-refractivity contribution in [3.63, 3.8) is 0 Å². The number of aliphatic hydroxyl groups is 3. The van der Waals surface area contributed by atoms with E-state index in [9.17, 15) is 15.3 Å². The van der Waals surface area contributed by atoms with Crippen molar-refractivity contribution in [2.24, 2.45) is 0 Å². The quantitative estimate of drug-likeness (QED) is 0.600. The summed E-state index contributed by atoms with van der Waals surface area (Å²) < 4.78 is 0. The van der Waals surface area contributed by atoms with Gasteiger partial charge >= 0.3 is 0 Å². The highest BCUT2D eigenvalue weighted by atomic mass is 35.5. The van der Waals surface area contributed by atoms with Gasteiger partial charge in [-0.3, -0.25) is 0 Å². The largest absolute Gasteiger partial charge is 0.394 e. The van der Waals surface area contributed by atoms with E-state index in [1.807, 2.05) is 6.92 Å². The Kier molecular flexibility index (Phi) is 6.05. The van der Waals surface area contributed by atoms with Crippen LogP contribution in [0, 0.1) is 0 Å². The Morgan fingerprint density at radius 2 is 1.89 bits per heavy atom. The first-order valence-corrected chi connectivity index (χ1v) is 6.35. The zero-order valence-corrected chi connectivity index (χ0v) is 11.2. The first-order chi connectivity index (χ1) is 8.58. The molecule has 0 aliphatic carbocycles. The molecule has 5 heteroatoms. The van der Waals surface area contributed by atoms with Crippen molar-refractivity contribution in [1.29, 1.82) is 0 Å². The lowest BCUT2D eigenvalue weighted by atomic mass is 9.97. The number of rotatable bonds is 7. The first-order valence-electron chi connectivity index (χ1n) is 5.98. The highest BCUT2D eigenvalue weighted by Gasteiger charge is 2.27. The van der Waals surface area contributed by atoms with Crippen molar-refractivity contribution in [3.05, 3.63) is 34.9 Å². The number of hydrogen-bond donors (Lipinski definition) is 4. The molecule has 1 atom stereocenters. The molecule has 0 saturated heterocycles. The van der Waals surface area contributed by atoms with Crippen LogP contribution in [0.2, 0.25) is 5.02 Å². The lowest BCUT2D eigenvalue weighted by molar-refractivity contribution is 0.0707. The van der Waals surface area contributed by atoms with Crippen LogP contribution in [0.1, 0.15) is 25.0 Å². The van der Waals surface area contributed by atoms with E-state index >= 15 is 0 Å². The van der Waals surface area contributed by atoms with E-state index in [0.29, 0.717) is 17.0 Å². The molecule has 0 saturated carbocycles. The van der Waals surface area contributed by atoms with E-state index in [1.165, 1.54) is 0 Å². The fraction of sp³-hybridized carbons (Fsp3) is 0.538. The van der Waals surface area contributed by atoms with Gasteiger partial charge in [0.1, 0.15) is 0 Å². The van der Waals surface area contributed by atoms with Gasteiger partial charge in [0.2, 0.25) is 0 Å². The van der Waals surface area contributed by atoms with Gasteiger partial charge in [0.25, 0.3) is 0 Å². The van der Waals surface area contributed by atoms with Crippen molar-refractivity contribution < 1.29 is 15.3 Å². The van der Waals surface area contributed by atoms with E-state index < -0.39 is 11.6 Å². The Bertz CT molecular complexity index is 361. The minimum atomic E-state index is -0.775. The van der Waals surface area contributed by atoms with Crippen LogP contribution < -0.4 is 5.32 Å². The third kappa shape index (κ3) is 3.67. The fourth-order valence-electron chi connectivity index (χ4n) is 1.68. The van der Waals surface area contributed by atoms with Crippen LogP contribution in [0.15, 0.2) is 24.3 Å². The maximum absolute atomic E-state index is 10.0. The average Bonchev–Trinajstić information content (AvgIpc) is 2.41. The number of halogens is 1. The molecular formula is C13H20ClNO3. The number of nitrogens with one attached hydrogen (secondary N) is 1. The number of benzene rings is 1. The second kappa shape index (κ2) is 7.07. The minimum Gasteiger partial charge on any atom is -0.394 e. The van der Waals surface area contributed by atoms with Gasteiger partial charge in [-0.05, 0) is 12.5 Å². The second-order valence-electron chi connectivity index (χ2n) is 4.37. The standard InChI is InChI=1S/C13H20ClNO3/c1-2-13(8-16,9-17)15-7-12(18)10-5-3-4-6-11(10)14/h3-6,12,15-18H,2,7-9H2,1H3. The Balaban J connectivity index is 2.66. The molecule has 102 valence electrons. The molecule has 0 fully saturated rings. The van der Waals surface area contributed by atoms with Crippen LogP contribution in [-0.2, 0) is 0 Å². The summed E-state index contributed by atoms with van der Waals surface area (Å²) in [5, 5.41) is 32.1. The van der Waals surface area contributed by atoms with E-state index in [0.717, 1.165) is 0 Å². The molecule has 4 N–H and O–H groups in total. The molecule has 0 aromatic heterocycles. The molecule has 0 spiro atoms. The topological polar surface area (TPSA) is 72.7 Å². The van der Waals surface area contributed by atoms with Crippen molar-refractivity contribution in [2.45, 2.75) is 25.0 Å².